The van der Waals surface area contributed by atoms with E-state index in [0.717, 1.165) is 32.4 Å². The van der Waals surface area contributed by atoms with Crippen LogP contribution in [0.2, 0.25) is 0 Å². The van der Waals surface area contributed by atoms with Gasteiger partial charge in [-0.1, -0.05) is 18.2 Å². The summed E-state index contributed by atoms with van der Waals surface area (Å²) in [6.45, 7) is 3.83. The van der Waals surface area contributed by atoms with E-state index in [4.69, 9.17) is 0 Å². The minimum Gasteiger partial charge on any atom is -0.356 e. The molecule has 1 aromatic rings. The van der Waals surface area contributed by atoms with Crippen molar-refractivity contribution in [3.8, 4) is 0 Å². The highest BCUT2D eigenvalue weighted by Crippen LogP contribution is 2.23. The van der Waals surface area contributed by atoms with Crippen LogP contribution < -0.4 is 10.6 Å². The quantitative estimate of drug-likeness (QED) is 0.697. The van der Waals surface area contributed by atoms with Crippen LogP contribution in [-0.4, -0.2) is 51.4 Å². The molecule has 1 aromatic carbocycles. The Labute approximate surface area is 174 Å². The fraction of sp³-hybridized carbons (Fsp3) is 0.650. The lowest BCUT2D eigenvalue weighted by molar-refractivity contribution is -0.121. The molecular formula is C20H32ClN3O3S. The summed E-state index contributed by atoms with van der Waals surface area (Å²) < 4.78 is 26.9. The maximum atomic E-state index is 12.6. The van der Waals surface area contributed by atoms with Gasteiger partial charge in [-0.05, 0) is 69.2 Å². The molecule has 0 atom stereocenters. The molecule has 0 saturated carbocycles. The molecule has 2 saturated heterocycles. The van der Waals surface area contributed by atoms with E-state index in [1.54, 1.807) is 28.6 Å². The van der Waals surface area contributed by atoms with E-state index in [0.29, 0.717) is 42.8 Å². The van der Waals surface area contributed by atoms with Crippen LogP contribution in [0.1, 0.15) is 38.5 Å². The van der Waals surface area contributed by atoms with Crippen molar-refractivity contribution in [1.29, 1.82) is 0 Å². The van der Waals surface area contributed by atoms with E-state index < -0.39 is 10.0 Å². The minimum atomic E-state index is -3.40. The van der Waals surface area contributed by atoms with Gasteiger partial charge in [-0.3, -0.25) is 4.79 Å². The molecular weight excluding hydrogens is 398 g/mol. The number of carbonyl (C=O) groups is 1. The van der Waals surface area contributed by atoms with Crippen LogP contribution >= 0.6 is 12.4 Å². The van der Waals surface area contributed by atoms with Crippen LogP contribution in [0, 0.1) is 11.8 Å². The number of sulfonamides is 1. The zero-order chi connectivity index (χ0) is 19.1. The van der Waals surface area contributed by atoms with E-state index >= 15 is 0 Å². The van der Waals surface area contributed by atoms with E-state index in [-0.39, 0.29) is 18.3 Å². The molecule has 0 spiro atoms. The number of benzene rings is 1. The van der Waals surface area contributed by atoms with Crippen LogP contribution in [0.5, 0.6) is 0 Å². The number of amides is 1. The molecule has 2 heterocycles. The highest BCUT2D eigenvalue weighted by Gasteiger charge is 2.29. The number of nitrogens with zero attached hydrogens (tertiary/aromatic N) is 1. The lowest BCUT2D eigenvalue weighted by Crippen LogP contribution is -2.41. The summed E-state index contributed by atoms with van der Waals surface area (Å²) in [6, 6.07) is 8.60. The van der Waals surface area contributed by atoms with Crippen molar-refractivity contribution < 1.29 is 13.2 Å². The molecule has 6 nitrogen and oxygen atoms in total. The maximum Gasteiger partial charge on any atom is 0.243 e. The van der Waals surface area contributed by atoms with E-state index in [9.17, 15) is 13.2 Å². The number of halogens is 1. The fourth-order valence-electron chi connectivity index (χ4n) is 3.95. The van der Waals surface area contributed by atoms with Gasteiger partial charge in [0.2, 0.25) is 15.9 Å². The topological polar surface area (TPSA) is 78.5 Å². The minimum absolute atomic E-state index is 0. The monoisotopic (exact) mass is 429 g/mol. The third kappa shape index (κ3) is 6.44. The molecule has 0 aliphatic carbocycles. The second-order valence-corrected chi connectivity index (χ2v) is 9.63. The standard InChI is InChI=1S/C20H31N3O3S.ClH/c24-20(7-6-17-8-12-21-13-9-17)22-16-18-10-14-23(15-11-18)27(25,26)19-4-2-1-3-5-19;/h1-5,17-18,21H,6-16H2,(H,22,24);1H. The SMILES string of the molecule is Cl.O=C(CCC1CCNCC1)NCC1CCN(S(=O)(=O)c2ccccc2)CC1. The Balaban J connectivity index is 0.00000280. The Kier molecular flexibility index (Phi) is 9.21. The molecule has 2 fully saturated rings. The van der Waals surface area contributed by atoms with Gasteiger partial charge in [-0.25, -0.2) is 8.42 Å². The molecule has 8 heteroatoms. The largest absolute Gasteiger partial charge is 0.356 e. The summed E-state index contributed by atoms with van der Waals surface area (Å²) in [5, 5.41) is 6.40. The molecule has 0 aromatic heterocycles. The normalized spacial score (nSPS) is 19.7. The number of piperidine rings is 2. The Morgan fingerprint density at radius 1 is 1.04 bits per heavy atom. The molecule has 1 amide bonds. The highest BCUT2D eigenvalue weighted by atomic mass is 35.5. The second kappa shape index (κ2) is 11.1. The van der Waals surface area contributed by atoms with E-state index in [1.165, 1.54) is 12.8 Å². The average Bonchev–Trinajstić information content (AvgIpc) is 2.72. The summed E-state index contributed by atoms with van der Waals surface area (Å²) in [7, 11) is -3.40. The third-order valence-corrected chi connectivity index (χ3v) is 7.69. The summed E-state index contributed by atoms with van der Waals surface area (Å²) >= 11 is 0. The predicted molar refractivity (Wildman–Crippen MR) is 113 cm³/mol. The van der Waals surface area contributed by atoms with Crippen LogP contribution in [0.3, 0.4) is 0 Å². The van der Waals surface area contributed by atoms with Gasteiger partial charge in [0.1, 0.15) is 0 Å². The van der Waals surface area contributed by atoms with Crippen molar-refractivity contribution in [2.75, 3.05) is 32.7 Å². The second-order valence-electron chi connectivity index (χ2n) is 7.70. The van der Waals surface area contributed by atoms with E-state index in [1.807, 2.05) is 6.07 Å². The summed E-state index contributed by atoms with van der Waals surface area (Å²) in [4.78, 5) is 12.5. The third-order valence-electron chi connectivity index (χ3n) is 5.78. The molecule has 28 heavy (non-hydrogen) atoms. The zero-order valence-electron chi connectivity index (χ0n) is 16.3. The summed E-state index contributed by atoms with van der Waals surface area (Å²) in [5.41, 5.74) is 0. The number of hydrogen-bond donors (Lipinski definition) is 2. The molecule has 2 N–H and O–H groups in total. The van der Waals surface area contributed by atoms with Crippen molar-refractivity contribution in [1.82, 2.24) is 14.9 Å². The van der Waals surface area contributed by atoms with Gasteiger partial charge in [0, 0.05) is 26.1 Å². The highest BCUT2D eigenvalue weighted by molar-refractivity contribution is 7.89. The Hall–Kier alpha value is -1.15. The first-order valence-corrected chi connectivity index (χ1v) is 11.5. The summed E-state index contributed by atoms with van der Waals surface area (Å²) in [6.07, 6.45) is 5.50. The van der Waals surface area contributed by atoms with Crippen LogP contribution in [0.15, 0.2) is 35.2 Å². The van der Waals surface area contributed by atoms with Crippen molar-refractivity contribution in [3.05, 3.63) is 30.3 Å². The van der Waals surface area contributed by atoms with Gasteiger partial charge in [0.05, 0.1) is 4.90 Å². The number of carbonyl (C=O) groups excluding carboxylic acids is 1. The smallest absolute Gasteiger partial charge is 0.243 e. The van der Waals surface area contributed by atoms with Gasteiger partial charge >= 0.3 is 0 Å². The van der Waals surface area contributed by atoms with Crippen LogP contribution in [0.25, 0.3) is 0 Å². The van der Waals surface area contributed by atoms with Crippen LogP contribution in [0.4, 0.5) is 0 Å². The molecule has 3 rings (SSSR count). The molecule has 0 bridgehead atoms. The van der Waals surface area contributed by atoms with Crippen molar-refractivity contribution in [2.24, 2.45) is 11.8 Å². The molecule has 2 aliphatic heterocycles. The van der Waals surface area contributed by atoms with Crippen LogP contribution in [-0.2, 0) is 14.8 Å². The molecule has 2 aliphatic rings. The summed E-state index contributed by atoms with van der Waals surface area (Å²) in [5.74, 6) is 1.16. The molecule has 158 valence electrons. The number of rotatable bonds is 7. The lowest BCUT2D eigenvalue weighted by atomic mass is 9.93. The number of hydrogen-bond acceptors (Lipinski definition) is 4. The first-order valence-electron chi connectivity index (χ1n) is 10.1. The van der Waals surface area contributed by atoms with E-state index in [2.05, 4.69) is 10.6 Å². The van der Waals surface area contributed by atoms with Crippen molar-refractivity contribution in [3.63, 3.8) is 0 Å². The fourth-order valence-corrected chi connectivity index (χ4v) is 5.44. The Morgan fingerprint density at radius 2 is 1.68 bits per heavy atom. The van der Waals surface area contributed by atoms with Crippen molar-refractivity contribution >= 4 is 28.3 Å². The van der Waals surface area contributed by atoms with Gasteiger partial charge < -0.3 is 10.6 Å². The first-order chi connectivity index (χ1) is 13.1. The van der Waals surface area contributed by atoms with Gasteiger partial charge in [-0.2, -0.15) is 4.31 Å². The van der Waals surface area contributed by atoms with Gasteiger partial charge in [0.15, 0.2) is 0 Å². The Bertz CT molecular complexity index is 701. The average molecular weight is 430 g/mol. The number of nitrogens with one attached hydrogen (secondary N) is 2. The first kappa shape index (κ1) is 23.1. The Morgan fingerprint density at radius 3 is 2.32 bits per heavy atom. The van der Waals surface area contributed by atoms with Gasteiger partial charge in [-0.15, -0.1) is 12.4 Å². The molecule has 0 unspecified atom stereocenters. The van der Waals surface area contributed by atoms with Crippen molar-refractivity contribution in [2.45, 2.75) is 43.4 Å². The maximum absolute atomic E-state index is 12.6. The van der Waals surface area contributed by atoms with Gasteiger partial charge in [0.25, 0.3) is 0 Å². The molecule has 0 radical (unpaired) electrons. The lowest BCUT2D eigenvalue weighted by Gasteiger charge is -2.31. The predicted octanol–water partition coefficient (Wildman–Crippen LogP) is 2.41. The zero-order valence-corrected chi connectivity index (χ0v) is 17.9.